The monoisotopic (exact) mass is 343 g/mol. The summed E-state index contributed by atoms with van der Waals surface area (Å²) in [4.78, 5) is 15.3. The molecule has 1 N–H and O–H groups in total. The number of rotatable bonds is 7. The molecule has 25 heavy (non-hydrogen) atoms. The lowest BCUT2D eigenvalue weighted by molar-refractivity contribution is -0.176. The number of benzene rings is 1. The molecule has 2 atom stereocenters. The number of hydrogen-bond acceptors (Lipinski definition) is 4. The molecule has 4 nitrogen and oxygen atoms in total. The van der Waals surface area contributed by atoms with Crippen LogP contribution in [0.2, 0.25) is 0 Å². The number of unbranched alkanes of at least 4 members (excludes halogenated alkanes) is 2. The number of esters is 1. The summed E-state index contributed by atoms with van der Waals surface area (Å²) in [6, 6.07) is 9.11. The number of piperidine rings is 3. The summed E-state index contributed by atoms with van der Waals surface area (Å²) in [5.74, 6) is -0.122. The van der Waals surface area contributed by atoms with Crippen LogP contribution < -0.4 is 0 Å². The zero-order valence-corrected chi connectivity index (χ0v) is 15.1. The quantitative estimate of drug-likeness (QED) is 0.469. The van der Waals surface area contributed by atoms with Gasteiger partial charge in [-0.15, -0.1) is 0 Å². The molecule has 0 amide bonds. The van der Waals surface area contributed by atoms with Crippen LogP contribution in [0.3, 0.4) is 0 Å². The highest BCUT2D eigenvalue weighted by atomic mass is 16.6. The predicted octanol–water partition coefficient (Wildman–Crippen LogP) is 3.26. The maximum absolute atomic E-state index is 12.9. The molecule has 3 aliphatic heterocycles. The van der Waals surface area contributed by atoms with Gasteiger partial charge in [-0.3, -0.25) is 4.90 Å². The fourth-order valence-electron chi connectivity index (χ4n) is 3.82. The van der Waals surface area contributed by atoms with E-state index in [1.165, 1.54) is 0 Å². The van der Waals surface area contributed by atoms with Gasteiger partial charge in [0.2, 0.25) is 5.60 Å². The van der Waals surface area contributed by atoms with Crippen molar-refractivity contribution in [3.8, 4) is 0 Å². The van der Waals surface area contributed by atoms with Crippen LogP contribution in [0.25, 0.3) is 0 Å². The van der Waals surface area contributed by atoms with E-state index in [0.717, 1.165) is 51.7 Å². The maximum Gasteiger partial charge on any atom is 0.347 e. The molecule has 0 radical (unpaired) electrons. The first-order chi connectivity index (χ1) is 12.1. The molecule has 136 valence electrons. The van der Waals surface area contributed by atoms with Crippen LogP contribution in [0, 0.1) is 5.92 Å². The number of ether oxygens (including phenoxy) is 1. The fourth-order valence-corrected chi connectivity index (χ4v) is 3.82. The number of fused-ring (bicyclic) bond motifs is 3. The molecule has 4 rings (SSSR count). The lowest BCUT2D eigenvalue weighted by atomic mass is 9.85. The van der Waals surface area contributed by atoms with Crippen molar-refractivity contribution in [3.63, 3.8) is 0 Å². The number of carbonyl (C=O) groups is 1. The maximum atomic E-state index is 12.9. The Morgan fingerprint density at radius 2 is 2.04 bits per heavy atom. The van der Waals surface area contributed by atoms with Crippen LogP contribution in [-0.4, -0.2) is 41.7 Å². The standard InChI is InChI=1S/C21H29NO3/c1-2-3-4-8-13-21(24,18-9-6-5-7-10-18)20(23)25-19-16-22-14-11-17(19)12-15-22/h5-10,13,17,19,24H,2-4,11-12,14-16H2,1H3/b13-8-. The van der Waals surface area contributed by atoms with Crippen molar-refractivity contribution < 1.29 is 14.6 Å². The Morgan fingerprint density at radius 3 is 2.64 bits per heavy atom. The van der Waals surface area contributed by atoms with Crippen molar-refractivity contribution >= 4 is 5.97 Å². The molecule has 2 bridgehead atoms. The van der Waals surface area contributed by atoms with Gasteiger partial charge in [-0.05, 0) is 49.9 Å². The van der Waals surface area contributed by atoms with E-state index in [1.807, 2.05) is 24.3 Å². The minimum atomic E-state index is -1.71. The van der Waals surface area contributed by atoms with Gasteiger partial charge < -0.3 is 9.84 Å². The first-order valence-corrected chi connectivity index (χ1v) is 9.52. The Bertz CT molecular complexity index is 592. The van der Waals surface area contributed by atoms with Gasteiger partial charge in [-0.2, -0.15) is 0 Å². The Morgan fingerprint density at radius 1 is 1.32 bits per heavy atom. The minimum Gasteiger partial charge on any atom is -0.458 e. The van der Waals surface area contributed by atoms with Gasteiger partial charge >= 0.3 is 5.97 Å². The van der Waals surface area contributed by atoms with Crippen LogP contribution in [0.5, 0.6) is 0 Å². The summed E-state index contributed by atoms with van der Waals surface area (Å²) >= 11 is 0. The van der Waals surface area contributed by atoms with E-state index in [2.05, 4.69) is 11.8 Å². The first kappa shape index (κ1) is 18.2. The number of hydrogen-bond donors (Lipinski definition) is 1. The average molecular weight is 343 g/mol. The summed E-state index contributed by atoms with van der Waals surface area (Å²) < 4.78 is 5.82. The van der Waals surface area contributed by atoms with Crippen molar-refractivity contribution in [1.29, 1.82) is 0 Å². The van der Waals surface area contributed by atoms with Crippen LogP contribution >= 0.6 is 0 Å². The Hall–Kier alpha value is -1.65. The molecule has 0 aliphatic carbocycles. The highest BCUT2D eigenvalue weighted by molar-refractivity contribution is 5.83. The van der Waals surface area contributed by atoms with Crippen molar-refractivity contribution in [1.82, 2.24) is 4.90 Å². The third kappa shape index (κ3) is 4.13. The highest BCUT2D eigenvalue weighted by Crippen LogP contribution is 2.32. The molecule has 1 aromatic carbocycles. The van der Waals surface area contributed by atoms with Gasteiger partial charge in [-0.1, -0.05) is 56.2 Å². The van der Waals surface area contributed by atoms with E-state index in [0.29, 0.717) is 11.5 Å². The van der Waals surface area contributed by atoms with E-state index in [1.54, 1.807) is 18.2 Å². The fraction of sp³-hybridized carbons (Fsp3) is 0.571. The van der Waals surface area contributed by atoms with E-state index in [-0.39, 0.29) is 6.10 Å². The summed E-state index contributed by atoms with van der Waals surface area (Å²) in [7, 11) is 0. The first-order valence-electron chi connectivity index (χ1n) is 9.52. The van der Waals surface area contributed by atoms with Crippen molar-refractivity contribution in [2.45, 2.75) is 50.7 Å². The SMILES string of the molecule is CCCC/C=C\C(O)(C(=O)OC1CN2CCC1CC2)c1ccccc1. The molecule has 3 fully saturated rings. The average Bonchev–Trinajstić information content (AvgIpc) is 2.66. The second kappa shape index (κ2) is 8.15. The van der Waals surface area contributed by atoms with Crippen LogP contribution in [0.4, 0.5) is 0 Å². The van der Waals surface area contributed by atoms with Gasteiger partial charge in [0.1, 0.15) is 6.10 Å². The Kier molecular flexibility index (Phi) is 5.92. The lowest BCUT2D eigenvalue weighted by Crippen LogP contribution is -2.53. The number of allylic oxidation sites excluding steroid dienone is 1. The molecule has 2 unspecified atom stereocenters. The lowest BCUT2D eigenvalue weighted by Gasteiger charge is -2.44. The zero-order valence-electron chi connectivity index (χ0n) is 15.1. The molecule has 0 saturated carbocycles. The van der Waals surface area contributed by atoms with Crippen LogP contribution in [0.15, 0.2) is 42.5 Å². The van der Waals surface area contributed by atoms with Gasteiger partial charge in [0.25, 0.3) is 0 Å². The molecule has 4 heteroatoms. The molecular formula is C21H29NO3. The minimum absolute atomic E-state index is 0.103. The van der Waals surface area contributed by atoms with Gasteiger partial charge in [0, 0.05) is 6.54 Å². The molecule has 1 aromatic rings. The summed E-state index contributed by atoms with van der Waals surface area (Å²) in [5, 5.41) is 11.2. The van der Waals surface area contributed by atoms with Gasteiger partial charge in [0.15, 0.2) is 0 Å². The molecule has 3 aliphatic rings. The molecular weight excluding hydrogens is 314 g/mol. The second-order valence-corrected chi connectivity index (χ2v) is 7.26. The van der Waals surface area contributed by atoms with Crippen LogP contribution in [0.1, 0.15) is 44.6 Å². The zero-order chi connectivity index (χ0) is 17.7. The predicted molar refractivity (Wildman–Crippen MR) is 98.0 cm³/mol. The summed E-state index contributed by atoms with van der Waals surface area (Å²) in [5.41, 5.74) is -1.14. The number of aliphatic hydroxyl groups is 1. The number of nitrogens with zero attached hydrogens (tertiary/aromatic N) is 1. The third-order valence-corrected chi connectivity index (χ3v) is 5.46. The van der Waals surface area contributed by atoms with Crippen LogP contribution in [-0.2, 0) is 15.1 Å². The smallest absolute Gasteiger partial charge is 0.347 e. The van der Waals surface area contributed by atoms with E-state index in [4.69, 9.17) is 4.74 Å². The summed E-state index contributed by atoms with van der Waals surface area (Å²) in [6.45, 7) is 5.11. The molecule has 3 heterocycles. The van der Waals surface area contributed by atoms with E-state index < -0.39 is 11.6 Å². The normalized spacial score (nSPS) is 28.0. The molecule has 3 saturated heterocycles. The second-order valence-electron chi connectivity index (χ2n) is 7.26. The van der Waals surface area contributed by atoms with Crippen molar-refractivity contribution in [3.05, 3.63) is 48.0 Å². The largest absolute Gasteiger partial charge is 0.458 e. The highest BCUT2D eigenvalue weighted by Gasteiger charge is 2.42. The van der Waals surface area contributed by atoms with E-state index in [9.17, 15) is 9.90 Å². The molecule has 0 spiro atoms. The third-order valence-electron chi connectivity index (χ3n) is 5.46. The van der Waals surface area contributed by atoms with Gasteiger partial charge in [-0.25, -0.2) is 4.79 Å². The Balaban J connectivity index is 1.76. The Labute approximate surface area is 150 Å². The molecule has 0 aromatic heterocycles. The van der Waals surface area contributed by atoms with Crippen molar-refractivity contribution in [2.24, 2.45) is 5.92 Å². The summed E-state index contributed by atoms with van der Waals surface area (Å²) in [6.07, 6.45) is 8.53. The topological polar surface area (TPSA) is 49.8 Å². The number of carbonyl (C=O) groups excluding carboxylic acids is 1. The van der Waals surface area contributed by atoms with Gasteiger partial charge in [0.05, 0.1) is 0 Å². The van der Waals surface area contributed by atoms with E-state index >= 15 is 0 Å². The van der Waals surface area contributed by atoms with Crippen molar-refractivity contribution in [2.75, 3.05) is 19.6 Å².